The maximum Gasteiger partial charge on any atom is 0.258 e. The summed E-state index contributed by atoms with van der Waals surface area (Å²) in [5.74, 6) is 1.31. The second-order valence-electron chi connectivity index (χ2n) is 6.61. The molecule has 0 atom stereocenters. The molecule has 8 heteroatoms. The summed E-state index contributed by atoms with van der Waals surface area (Å²) in [4.78, 5) is 12.8. The summed E-state index contributed by atoms with van der Waals surface area (Å²) in [7, 11) is 0. The molecule has 0 aliphatic carbocycles. The molecule has 0 unspecified atom stereocenters. The van der Waals surface area contributed by atoms with Gasteiger partial charge in [0.1, 0.15) is 10.8 Å². The second kappa shape index (κ2) is 8.40. The summed E-state index contributed by atoms with van der Waals surface area (Å²) in [6.07, 6.45) is 0.979. The van der Waals surface area contributed by atoms with Gasteiger partial charge in [-0.2, -0.15) is 9.61 Å². The first kappa shape index (κ1) is 19.1. The van der Waals surface area contributed by atoms with Crippen LogP contribution in [0.4, 0.5) is 0 Å². The Morgan fingerprint density at radius 1 is 1.07 bits per heavy atom. The lowest BCUT2D eigenvalue weighted by Crippen LogP contribution is -2.28. The molecule has 2 aromatic heterocycles. The van der Waals surface area contributed by atoms with E-state index in [1.807, 2.05) is 55.5 Å². The summed E-state index contributed by atoms with van der Waals surface area (Å²) < 4.78 is 7.27. The van der Waals surface area contributed by atoms with Crippen molar-refractivity contribution < 1.29 is 9.53 Å². The van der Waals surface area contributed by atoms with Crippen LogP contribution in [0.2, 0.25) is 0 Å². The van der Waals surface area contributed by atoms with Gasteiger partial charge in [-0.25, -0.2) is 0 Å². The summed E-state index contributed by atoms with van der Waals surface area (Å²) >= 11 is 1.49. The first-order chi connectivity index (χ1) is 14.1. The number of amides is 1. The zero-order valence-corrected chi connectivity index (χ0v) is 17.1. The maximum absolute atomic E-state index is 12.0. The van der Waals surface area contributed by atoms with Crippen LogP contribution in [0.3, 0.4) is 0 Å². The van der Waals surface area contributed by atoms with Crippen LogP contribution >= 0.6 is 11.3 Å². The molecule has 148 valence electrons. The standard InChI is InChI=1S/C21H21N5O2S/c1-3-15-6-10-18(11-7-15)28-13-19(27)22-12-16-4-8-17(9-5-16)20-25-26-14(2)23-24-21(26)29-20/h4-11H,3,12-13H2,1-2H3,(H,22,27). The lowest BCUT2D eigenvalue weighted by molar-refractivity contribution is -0.123. The molecule has 7 nitrogen and oxygen atoms in total. The average Bonchev–Trinajstić information content (AvgIpc) is 3.33. The van der Waals surface area contributed by atoms with E-state index in [9.17, 15) is 4.79 Å². The Bertz CT molecular complexity index is 1120. The van der Waals surface area contributed by atoms with E-state index in [0.717, 1.165) is 33.3 Å². The third kappa shape index (κ3) is 4.43. The number of carbonyl (C=O) groups excluding carboxylic acids is 1. The monoisotopic (exact) mass is 407 g/mol. The van der Waals surface area contributed by atoms with Crippen molar-refractivity contribution in [1.29, 1.82) is 0 Å². The number of hydrogen-bond acceptors (Lipinski definition) is 6. The minimum Gasteiger partial charge on any atom is -0.484 e. The number of fused-ring (bicyclic) bond motifs is 1. The highest BCUT2D eigenvalue weighted by Gasteiger charge is 2.10. The fourth-order valence-corrected chi connectivity index (χ4v) is 3.71. The minimum atomic E-state index is -0.155. The topological polar surface area (TPSA) is 81.4 Å². The van der Waals surface area contributed by atoms with E-state index in [2.05, 4.69) is 27.5 Å². The number of rotatable bonds is 7. The van der Waals surface area contributed by atoms with E-state index in [0.29, 0.717) is 12.3 Å². The first-order valence-corrected chi connectivity index (χ1v) is 10.2. The van der Waals surface area contributed by atoms with E-state index < -0.39 is 0 Å². The Morgan fingerprint density at radius 3 is 2.48 bits per heavy atom. The summed E-state index contributed by atoms with van der Waals surface area (Å²) in [5, 5.41) is 16.4. The number of nitrogens with zero attached hydrogens (tertiary/aromatic N) is 4. The number of ether oxygens (including phenoxy) is 1. The predicted molar refractivity (Wildman–Crippen MR) is 112 cm³/mol. The molecule has 29 heavy (non-hydrogen) atoms. The zero-order valence-electron chi connectivity index (χ0n) is 16.3. The molecular weight excluding hydrogens is 386 g/mol. The molecule has 1 amide bonds. The van der Waals surface area contributed by atoms with Crippen molar-refractivity contribution in [1.82, 2.24) is 25.1 Å². The molecule has 0 saturated carbocycles. The fourth-order valence-electron chi connectivity index (χ4n) is 2.82. The number of hydrogen-bond donors (Lipinski definition) is 1. The molecule has 1 N–H and O–H groups in total. The molecule has 0 saturated heterocycles. The third-order valence-electron chi connectivity index (χ3n) is 4.54. The van der Waals surface area contributed by atoms with Crippen LogP contribution in [0, 0.1) is 6.92 Å². The highest BCUT2D eigenvalue weighted by atomic mass is 32.1. The van der Waals surface area contributed by atoms with Gasteiger partial charge in [0.2, 0.25) is 4.96 Å². The molecule has 4 rings (SSSR count). The highest BCUT2D eigenvalue weighted by Crippen LogP contribution is 2.25. The van der Waals surface area contributed by atoms with Crippen molar-refractivity contribution in [2.75, 3.05) is 6.61 Å². The lowest BCUT2D eigenvalue weighted by Gasteiger charge is -2.08. The first-order valence-electron chi connectivity index (χ1n) is 9.39. The van der Waals surface area contributed by atoms with Gasteiger partial charge in [-0.1, -0.05) is 54.7 Å². The number of aryl methyl sites for hydroxylation is 2. The van der Waals surface area contributed by atoms with Gasteiger partial charge in [0, 0.05) is 12.1 Å². The summed E-state index contributed by atoms with van der Waals surface area (Å²) in [5.41, 5.74) is 3.26. The van der Waals surface area contributed by atoms with Crippen molar-refractivity contribution in [3.8, 4) is 16.3 Å². The van der Waals surface area contributed by atoms with Crippen molar-refractivity contribution in [2.24, 2.45) is 0 Å². The Morgan fingerprint density at radius 2 is 1.79 bits per heavy atom. The van der Waals surface area contributed by atoms with Crippen LogP contribution in [-0.2, 0) is 17.8 Å². The van der Waals surface area contributed by atoms with E-state index in [1.54, 1.807) is 4.52 Å². The van der Waals surface area contributed by atoms with Crippen LogP contribution in [0.15, 0.2) is 48.5 Å². The minimum absolute atomic E-state index is 0.00412. The van der Waals surface area contributed by atoms with Gasteiger partial charge in [0.15, 0.2) is 12.4 Å². The average molecular weight is 407 g/mol. The van der Waals surface area contributed by atoms with Gasteiger partial charge in [-0.05, 0) is 36.6 Å². The van der Waals surface area contributed by atoms with Gasteiger partial charge in [-0.15, -0.1) is 10.2 Å². The Kier molecular flexibility index (Phi) is 5.53. The van der Waals surface area contributed by atoms with Crippen molar-refractivity contribution in [3.05, 3.63) is 65.5 Å². The molecule has 0 radical (unpaired) electrons. The van der Waals surface area contributed by atoms with Gasteiger partial charge in [-0.3, -0.25) is 4.79 Å². The van der Waals surface area contributed by atoms with Gasteiger partial charge < -0.3 is 10.1 Å². The Balaban J connectivity index is 1.29. The molecule has 0 bridgehead atoms. The molecule has 0 aliphatic heterocycles. The van der Waals surface area contributed by atoms with Crippen molar-refractivity contribution >= 4 is 22.2 Å². The molecule has 0 aliphatic rings. The molecule has 2 heterocycles. The van der Waals surface area contributed by atoms with Crippen molar-refractivity contribution in [2.45, 2.75) is 26.8 Å². The zero-order chi connectivity index (χ0) is 20.2. The number of nitrogens with one attached hydrogen (secondary N) is 1. The summed E-state index contributed by atoms with van der Waals surface area (Å²) in [6.45, 7) is 4.42. The third-order valence-corrected chi connectivity index (χ3v) is 5.49. The van der Waals surface area contributed by atoms with Gasteiger partial charge in [0.25, 0.3) is 5.91 Å². The van der Waals surface area contributed by atoms with Crippen LogP contribution < -0.4 is 10.1 Å². The summed E-state index contributed by atoms with van der Waals surface area (Å²) in [6, 6.07) is 15.7. The fraction of sp³-hybridized carbons (Fsp3) is 0.238. The normalized spacial score (nSPS) is 11.0. The van der Waals surface area contributed by atoms with Crippen molar-refractivity contribution in [3.63, 3.8) is 0 Å². The Hall–Kier alpha value is -3.26. The molecule has 0 spiro atoms. The quantitative estimate of drug-likeness (QED) is 0.508. The number of aromatic nitrogens is 4. The number of carbonyl (C=O) groups is 1. The van der Waals surface area contributed by atoms with Crippen LogP contribution in [-0.4, -0.2) is 32.3 Å². The highest BCUT2D eigenvalue weighted by molar-refractivity contribution is 7.19. The Labute approximate surface area is 172 Å². The van der Waals surface area contributed by atoms with Crippen LogP contribution in [0.5, 0.6) is 5.75 Å². The maximum atomic E-state index is 12.0. The largest absolute Gasteiger partial charge is 0.484 e. The molecule has 4 aromatic rings. The van der Waals surface area contributed by atoms with E-state index in [1.165, 1.54) is 16.9 Å². The number of benzene rings is 2. The van der Waals surface area contributed by atoms with Crippen LogP contribution in [0.25, 0.3) is 15.5 Å². The molecular formula is C21H21N5O2S. The van der Waals surface area contributed by atoms with Gasteiger partial charge in [0.05, 0.1) is 0 Å². The molecule has 0 fully saturated rings. The molecule has 2 aromatic carbocycles. The predicted octanol–water partition coefficient (Wildman–Crippen LogP) is 3.42. The lowest BCUT2D eigenvalue weighted by atomic mass is 10.1. The SMILES string of the molecule is CCc1ccc(OCC(=O)NCc2ccc(-c3nn4c(C)nnc4s3)cc2)cc1. The van der Waals surface area contributed by atoms with Crippen LogP contribution in [0.1, 0.15) is 23.9 Å². The smallest absolute Gasteiger partial charge is 0.258 e. The van der Waals surface area contributed by atoms with E-state index >= 15 is 0 Å². The van der Waals surface area contributed by atoms with E-state index in [-0.39, 0.29) is 12.5 Å². The van der Waals surface area contributed by atoms with Gasteiger partial charge >= 0.3 is 0 Å². The van der Waals surface area contributed by atoms with E-state index in [4.69, 9.17) is 4.74 Å². The second-order valence-corrected chi connectivity index (χ2v) is 7.56.